The second-order valence-corrected chi connectivity index (χ2v) is 7.48. The molecule has 0 spiro atoms. The van der Waals surface area contributed by atoms with E-state index in [0.717, 1.165) is 41.9 Å². The summed E-state index contributed by atoms with van der Waals surface area (Å²) >= 11 is 1.73. The minimum absolute atomic E-state index is 0.0485. The number of hydrogen-bond acceptors (Lipinski definition) is 4. The number of carboxylic acids is 1. The van der Waals surface area contributed by atoms with E-state index >= 15 is 0 Å². The number of rotatable bonds is 5. The summed E-state index contributed by atoms with van der Waals surface area (Å²) in [6.07, 6.45) is 4.23. The van der Waals surface area contributed by atoms with Crippen LogP contribution in [0.1, 0.15) is 57.3 Å². The van der Waals surface area contributed by atoms with Gasteiger partial charge in [0.15, 0.2) is 0 Å². The molecule has 25 heavy (non-hydrogen) atoms. The highest BCUT2D eigenvalue weighted by molar-refractivity contribution is 7.11. The highest BCUT2D eigenvalue weighted by Gasteiger charge is 2.29. The summed E-state index contributed by atoms with van der Waals surface area (Å²) < 4.78 is 0. The van der Waals surface area contributed by atoms with Gasteiger partial charge in [0.25, 0.3) is 0 Å². The van der Waals surface area contributed by atoms with Gasteiger partial charge in [-0.3, -0.25) is 4.79 Å². The van der Waals surface area contributed by atoms with E-state index in [0.29, 0.717) is 0 Å². The van der Waals surface area contributed by atoms with Crippen LogP contribution in [0.5, 0.6) is 0 Å². The second kappa shape index (κ2) is 7.35. The first-order valence-corrected chi connectivity index (χ1v) is 9.37. The van der Waals surface area contributed by atoms with Gasteiger partial charge in [0, 0.05) is 7.05 Å². The Morgan fingerprint density at radius 1 is 1.32 bits per heavy atom. The van der Waals surface area contributed by atoms with E-state index in [1.807, 2.05) is 11.9 Å². The molecule has 1 aromatic heterocycles. The number of aryl methyl sites for hydroxylation is 2. The fraction of sp³-hybridized carbons (Fsp3) is 0.421. The van der Waals surface area contributed by atoms with E-state index in [1.54, 1.807) is 35.6 Å². The maximum atomic E-state index is 12.7. The number of fused-ring (bicyclic) bond motifs is 1. The summed E-state index contributed by atoms with van der Waals surface area (Å²) in [6, 6.07) is 6.61. The summed E-state index contributed by atoms with van der Waals surface area (Å²) in [5.74, 6) is -0.908. The van der Waals surface area contributed by atoms with Crippen molar-refractivity contribution in [3.8, 4) is 0 Å². The van der Waals surface area contributed by atoms with Crippen molar-refractivity contribution in [1.29, 1.82) is 0 Å². The van der Waals surface area contributed by atoms with Crippen LogP contribution in [0, 0.1) is 0 Å². The lowest BCUT2D eigenvalue weighted by atomic mass is 9.96. The van der Waals surface area contributed by atoms with Crippen LogP contribution in [0.25, 0.3) is 0 Å². The van der Waals surface area contributed by atoms with Gasteiger partial charge in [-0.2, -0.15) is 0 Å². The van der Waals surface area contributed by atoms with E-state index in [-0.39, 0.29) is 23.9 Å². The van der Waals surface area contributed by atoms with E-state index in [1.165, 1.54) is 4.88 Å². The van der Waals surface area contributed by atoms with Gasteiger partial charge in [-0.1, -0.05) is 19.1 Å². The van der Waals surface area contributed by atoms with Crippen molar-refractivity contribution in [2.45, 2.75) is 45.1 Å². The van der Waals surface area contributed by atoms with Crippen molar-refractivity contribution in [3.63, 3.8) is 0 Å². The number of hydrogen-bond donors (Lipinski definition) is 1. The molecule has 0 fully saturated rings. The lowest BCUT2D eigenvalue weighted by molar-refractivity contribution is -0.131. The molecule has 1 heterocycles. The Bertz CT molecular complexity index is 782. The molecule has 6 heteroatoms. The number of carboxylic acid groups (broad SMARTS) is 1. The number of carbonyl (C=O) groups is 2. The number of benzene rings is 1. The lowest BCUT2D eigenvalue weighted by Gasteiger charge is -2.30. The monoisotopic (exact) mass is 358 g/mol. The highest BCUT2D eigenvalue weighted by atomic mass is 32.1. The molecule has 1 amide bonds. The SMILES string of the molecule is CCc1nc2c(s1)C(N(C)C(=O)Cc1ccc(C(=O)O)cc1)CCC2. The molecule has 1 N–H and O–H groups in total. The molecule has 1 unspecified atom stereocenters. The molecule has 1 aliphatic rings. The lowest BCUT2D eigenvalue weighted by Crippen LogP contribution is -2.33. The van der Waals surface area contributed by atoms with E-state index in [2.05, 4.69) is 6.92 Å². The third-order valence-electron chi connectivity index (χ3n) is 4.69. The predicted octanol–water partition coefficient (Wildman–Crippen LogP) is 3.48. The number of amides is 1. The van der Waals surface area contributed by atoms with Gasteiger partial charge in [0.1, 0.15) is 0 Å². The molecule has 2 aromatic rings. The number of thiazole rings is 1. The van der Waals surface area contributed by atoms with Crippen LogP contribution in [-0.4, -0.2) is 33.9 Å². The Morgan fingerprint density at radius 3 is 2.68 bits per heavy atom. The summed E-state index contributed by atoms with van der Waals surface area (Å²) in [7, 11) is 1.86. The fourth-order valence-electron chi connectivity index (χ4n) is 3.21. The largest absolute Gasteiger partial charge is 0.478 e. The second-order valence-electron chi connectivity index (χ2n) is 6.36. The summed E-state index contributed by atoms with van der Waals surface area (Å²) in [5, 5.41) is 10.1. The van der Waals surface area contributed by atoms with Crippen molar-refractivity contribution in [3.05, 3.63) is 51.0 Å². The van der Waals surface area contributed by atoms with Crippen LogP contribution < -0.4 is 0 Å². The predicted molar refractivity (Wildman–Crippen MR) is 97.0 cm³/mol. The van der Waals surface area contributed by atoms with Gasteiger partial charge in [-0.15, -0.1) is 11.3 Å². The average Bonchev–Trinajstić information content (AvgIpc) is 3.04. The molecule has 1 aromatic carbocycles. The molecule has 3 rings (SSSR count). The van der Waals surface area contributed by atoms with E-state index in [9.17, 15) is 9.59 Å². The summed E-state index contributed by atoms with van der Waals surface area (Å²) in [4.78, 5) is 31.4. The van der Waals surface area contributed by atoms with Crippen molar-refractivity contribution in [2.75, 3.05) is 7.05 Å². The topological polar surface area (TPSA) is 70.5 Å². The number of aromatic nitrogens is 1. The zero-order valence-electron chi connectivity index (χ0n) is 14.5. The standard InChI is InChI=1S/C19H22N2O3S/c1-3-16-20-14-5-4-6-15(18(14)25-16)21(2)17(22)11-12-7-9-13(10-8-12)19(23)24/h7-10,15H,3-6,11H2,1-2H3,(H,23,24). The maximum absolute atomic E-state index is 12.7. The summed E-state index contributed by atoms with van der Waals surface area (Å²) in [6.45, 7) is 2.11. The number of nitrogens with zero attached hydrogens (tertiary/aromatic N) is 2. The molecule has 1 atom stereocenters. The normalized spacial score (nSPS) is 16.3. The van der Waals surface area contributed by atoms with Gasteiger partial charge in [0.05, 0.1) is 33.6 Å². The fourth-order valence-corrected chi connectivity index (χ4v) is 4.44. The number of likely N-dealkylation sites (N-methyl/N-ethyl adjacent to an activating group) is 1. The molecule has 0 aliphatic heterocycles. The van der Waals surface area contributed by atoms with Crippen molar-refractivity contribution in [2.24, 2.45) is 0 Å². The van der Waals surface area contributed by atoms with Crippen LogP contribution in [0.15, 0.2) is 24.3 Å². The first-order valence-electron chi connectivity index (χ1n) is 8.56. The van der Waals surface area contributed by atoms with Gasteiger partial charge in [-0.05, 0) is 43.4 Å². The van der Waals surface area contributed by atoms with Crippen LogP contribution in [0.2, 0.25) is 0 Å². The van der Waals surface area contributed by atoms with Gasteiger partial charge in [-0.25, -0.2) is 9.78 Å². The molecular formula is C19H22N2O3S. The van der Waals surface area contributed by atoms with Crippen molar-refractivity contribution < 1.29 is 14.7 Å². The first kappa shape index (κ1) is 17.6. The van der Waals surface area contributed by atoms with Crippen LogP contribution in [-0.2, 0) is 24.1 Å². The maximum Gasteiger partial charge on any atom is 0.335 e. The zero-order valence-corrected chi connectivity index (χ0v) is 15.3. The minimum Gasteiger partial charge on any atom is -0.478 e. The molecule has 0 radical (unpaired) electrons. The minimum atomic E-state index is -0.957. The van der Waals surface area contributed by atoms with Gasteiger partial charge < -0.3 is 10.0 Å². The summed E-state index contributed by atoms with van der Waals surface area (Å²) in [5.41, 5.74) is 2.22. The molecular weight excluding hydrogens is 336 g/mol. The van der Waals surface area contributed by atoms with E-state index < -0.39 is 5.97 Å². The molecule has 132 valence electrons. The Hall–Kier alpha value is -2.21. The van der Waals surface area contributed by atoms with Crippen LogP contribution in [0.3, 0.4) is 0 Å². The molecule has 0 bridgehead atoms. The smallest absolute Gasteiger partial charge is 0.335 e. The third kappa shape index (κ3) is 3.74. The Balaban J connectivity index is 1.72. The Labute approximate surface area is 151 Å². The number of carbonyl (C=O) groups excluding carboxylic acids is 1. The molecule has 0 saturated carbocycles. The Morgan fingerprint density at radius 2 is 2.04 bits per heavy atom. The van der Waals surface area contributed by atoms with Crippen LogP contribution >= 0.6 is 11.3 Å². The highest BCUT2D eigenvalue weighted by Crippen LogP contribution is 2.37. The third-order valence-corrected chi connectivity index (χ3v) is 6.03. The van der Waals surface area contributed by atoms with E-state index in [4.69, 9.17) is 10.1 Å². The number of aromatic carboxylic acids is 1. The van der Waals surface area contributed by atoms with Crippen molar-refractivity contribution >= 4 is 23.2 Å². The average molecular weight is 358 g/mol. The molecule has 0 saturated heterocycles. The Kier molecular flexibility index (Phi) is 5.18. The molecule has 5 nitrogen and oxygen atoms in total. The van der Waals surface area contributed by atoms with Gasteiger partial charge >= 0.3 is 5.97 Å². The van der Waals surface area contributed by atoms with Gasteiger partial charge in [0.2, 0.25) is 5.91 Å². The zero-order chi connectivity index (χ0) is 18.0. The molecule has 1 aliphatic carbocycles. The first-order chi connectivity index (χ1) is 12.0. The quantitative estimate of drug-likeness (QED) is 0.888. The van der Waals surface area contributed by atoms with Crippen LogP contribution in [0.4, 0.5) is 0 Å². The van der Waals surface area contributed by atoms with Crippen molar-refractivity contribution in [1.82, 2.24) is 9.88 Å².